The summed E-state index contributed by atoms with van der Waals surface area (Å²) in [5.74, 6) is 0. The van der Waals surface area contributed by atoms with Crippen LogP contribution < -0.4 is 11.1 Å². The van der Waals surface area contributed by atoms with E-state index in [1.807, 2.05) is 0 Å². The summed E-state index contributed by atoms with van der Waals surface area (Å²) in [6, 6.07) is 0.362. The van der Waals surface area contributed by atoms with Crippen LogP contribution in [0.2, 0.25) is 0 Å². The van der Waals surface area contributed by atoms with Gasteiger partial charge in [0.1, 0.15) is 0 Å². The maximum Gasteiger partial charge on any atom is 0.0794 e. The molecule has 0 saturated carbocycles. The van der Waals surface area contributed by atoms with E-state index in [0.717, 1.165) is 13.0 Å². The summed E-state index contributed by atoms with van der Waals surface area (Å²) in [5.41, 5.74) is 9.53. The molecule has 0 radical (unpaired) electrons. The molecule has 1 atom stereocenters. The van der Waals surface area contributed by atoms with Crippen LogP contribution in [0.1, 0.15) is 36.7 Å². The fourth-order valence-electron chi connectivity index (χ4n) is 2.05. The minimum absolute atomic E-state index is 0.362. The van der Waals surface area contributed by atoms with E-state index in [-0.39, 0.29) is 0 Å². The Bertz CT molecular complexity index is 318. The number of nitrogens with zero attached hydrogens (tertiary/aromatic N) is 1. The summed E-state index contributed by atoms with van der Waals surface area (Å²) >= 11 is 0. The number of fused-ring (bicyclic) bond motifs is 1. The Morgan fingerprint density at radius 1 is 1.47 bits per heavy atom. The van der Waals surface area contributed by atoms with E-state index in [9.17, 15) is 0 Å². The third-order valence-corrected chi connectivity index (χ3v) is 3.11. The van der Waals surface area contributed by atoms with Crippen LogP contribution >= 0.6 is 0 Å². The van der Waals surface area contributed by atoms with Crippen molar-refractivity contribution in [1.82, 2.24) is 15.5 Å². The van der Waals surface area contributed by atoms with Crippen LogP contribution in [0.25, 0.3) is 0 Å². The molecule has 1 aromatic rings. The van der Waals surface area contributed by atoms with E-state index in [4.69, 9.17) is 5.73 Å². The van der Waals surface area contributed by atoms with Crippen molar-refractivity contribution in [1.29, 1.82) is 0 Å². The van der Waals surface area contributed by atoms with E-state index in [0.29, 0.717) is 12.6 Å². The summed E-state index contributed by atoms with van der Waals surface area (Å²) in [4.78, 5) is 0. The molecule has 1 aliphatic rings. The van der Waals surface area contributed by atoms with Crippen molar-refractivity contribution >= 4 is 0 Å². The van der Waals surface area contributed by atoms with Crippen molar-refractivity contribution in [2.75, 3.05) is 6.54 Å². The van der Waals surface area contributed by atoms with Crippen LogP contribution in [-0.2, 0) is 19.4 Å². The molecule has 0 fully saturated rings. The first-order valence-corrected chi connectivity index (χ1v) is 5.79. The topological polar surface area (TPSA) is 66.7 Å². The molecule has 1 heterocycles. The second-order valence-electron chi connectivity index (χ2n) is 4.35. The van der Waals surface area contributed by atoms with Crippen molar-refractivity contribution in [3.05, 3.63) is 17.0 Å². The number of nitrogens with one attached hydrogen (secondary N) is 2. The monoisotopic (exact) mass is 208 g/mol. The molecule has 4 heteroatoms. The van der Waals surface area contributed by atoms with Crippen molar-refractivity contribution < 1.29 is 0 Å². The highest BCUT2D eigenvalue weighted by atomic mass is 15.1. The summed E-state index contributed by atoms with van der Waals surface area (Å²) in [6.07, 6.45) is 4.93. The SMILES string of the molecule is C[C@H](CN)NCc1n[nH]c2c1CCCC2. The van der Waals surface area contributed by atoms with E-state index in [1.54, 1.807) is 0 Å². The van der Waals surface area contributed by atoms with Gasteiger partial charge in [-0.15, -0.1) is 0 Å². The van der Waals surface area contributed by atoms with Gasteiger partial charge in [0.15, 0.2) is 0 Å². The third-order valence-electron chi connectivity index (χ3n) is 3.11. The molecular weight excluding hydrogens is 188 g/mol. The largest absolute Gasteiger partial charge is 0.329 e. The number of nitrogens with two attached hydrogens (primary N) is 1. The van der Waals surface area contributed by atoms with Gasteiger partial charge in [0.25, 0.3) is 0 Å². The molecule has 4 N–H and O–H groups in total. The Morgan fingerprint density at radius 2 is 2.27 bits per heavy atom. The van der Waals surface area contributed by atoms with Gasteiger partial charge >= 0.3 is 0 Å². The van der Waals surface area contributed by atoms with E-state index in [1.165, 1.54) is 36.2 Å². The predicted molar refractivity (Wildman–Crippen MR) is 60.6 cm³/mol. The number of aryl methyl sites for hydroxylation is 1. The van der Waals surface area contributed by atoms with Crippen molar-refractivity contribution in [3.63, 3.8) is 0 Å². The second kappa shape index (κ2) is 4.77. The van der Waals surface area contributed by atoms with Crippen molar-refractivity contribution in [3.8, 4) is 0 Å². The smallest absolute Gasteiger partial charge is 0.0794 e. The van der Waals surface area contributed by atoms with Gasteiger partial charge in [0, 0.05) is 24.8 Å². The molecule has 0 amide bonds. The van der Waals surface area contributed by atoms with E-state index < -0.39 is 0 Å². The maximum atomic E-state index is 5.56. The van der Waals surface area contributed by atoms with Crippen LogP contribution in [0.4, 0.5) is 0 Å². The Morgan fingerprint density at radius 3 is 3.07 bits per heavy atom. The fraction of sp³-hybridized carbons (Fsp3) is 0.727. The standard InChI is InChI=1S/C11H20N4/c1-8(6-12)13-7-11-9-4-2-3-5-10(9)14-15-11/h8,13H,2-7,12H2,1H3,(H,14,15)/t8-/m1/s1. The number of aromatic amines is 1. The van der Waals surface area contributed by atoms with Gasteiger partial charge in [-0.3, -0.25) is 5.10 Å². The third kappa shape index (κ3) is 2.38. The highest BCUT2D eigenvalue weighted by Gasteiger charge is 2.16. The molecule has 0 aromatic carbocycles. The molecule has 84 valence electrons. The first kappa shape index (κ1) is 10.6. The lowest BCUT2D eigenvalue weighted by Gasteiger charge is -2.13. The molecule has 15 heavy (non-hydrogen) atoms. The van der Waals surface area contributed by atoms with Gasteiger partial charge in [-0.1, -0.05) is 0 Å². The summed E-state index contributed by atoms with van der Waals surface area (Å²) in [5, 5.41) is 10.9. The first-order valence-electron chi connectivity index (χ1n) is 5.79. The first-order chi connectivity index (χ1) is 7.31. The van der Waals surface area contributed by atoms with Crippen molar-refractivity contribution in [2.24, 2.45) is 5.73 Å². The number of H-pyrrole nitrogens is 1. The van der Waals surface area contributed by atoms with Crippen molar-refractivity contribution in [2.45, 2.75) is 45.2 Å². The van der Waals surface area contributed by atoms with Gasteiger partial charge in [-0.05, 0) is 38.2 Å². The predicted octanol–water partition coefficient (Wildman–Crippen LogP) is 0.725. The molecule has 4 nitrogen and oxygen atoms in total. The van der Waals surface area contributed by atoms with Gasteiger partial charge in [-0.2, -0.15) is 5.10 Å². The summed E-state index contributed by atoms with van der Waals surface area (Å²) in [6.45, 7) is 3.61. The summed E-state index contributed by atoms with van der Waals surface area (Å²) in [7, 11) is 0. The fourth-order valence-corrected chi connectivity index (χ4v) is 2.05. The average molecular weight is 208 g/mol. The lowest BCUT2D eigenvalue weighted by atomic mass is 9.96. The number of hydrogen-bond donors (Lipinski definition) is 3. The second-order valence-corrected chi connectivity index (χ2v) is 4.35. The molecule has 2 rings (SSSR count). The molecule has 1 aromatic heterocycles. The van der Waals surface area contributed by atoms with Gasteiger partial charge in [0.05, 0.1) is 5.69 Å². The molecule has 0 unspecified atom stereocenters. The normalized spacial score (nSPS) is 17.5. The summed E-state index contributed by atoms with van der Waals surface area (Å²) < 4.78 is 0. The Labute approximate surface area is 90.6 Å². The Kier molecular flexibility index (Phi) is 3.38. The average Bonchev–Trinajstić information content (AvgIpc) is 2.69. The zero-order valence-corrected chi connectivity index (χ0v) is 9.34. The van der Waals surface area contributed by atoms with Crippen LogP contribution in [0.15, 0.2) is 0 Å². The highest BCUT2D eigenvalue weighted by Crippen LogP contribution is 2.21. The maximum absolute atomic E-state index is 5.56. The molecular formula is C11H20N4. The molecule has 0 saturated heterocycles. The Balaban J connectivity index is 1.99. The lowest BCUT2D eigenvalue weighted by molar-refractivity contribution is 0.547. The van der Waals surface area contributed by atoms with Gasteiger partial charge < -0.3 is 11.1 Å². The molecule has 1 aliphatic carbocycles. The van der Waals surface area contributed by atoms with Crippen LogP contribution in [0.5, 0.6) is 0 Å². The number of hydrogen-bond acceptors (Lipinski definition) is 3. The lowest BCUT2D eigenvalue weighted by Crippen LogP contribution is -2.33. The van der Waals surface area contributed by atoms with E-state index >= 15 is 0 Å². The quantitative estimate of drug-likeness (QED) is 0.683. The number of aromatic nitrogens is 2. The van der Waals surface area contributed by atoms with E-state index in [2.05, 4.69) is 22.4 Å². The number of rotatable bonds is 4. The van der Waals surface area contributed by atoms with Crippen LogP contribution in [0.3, 0.4) is 0 Å². The molecule has 0 spiro atoms. The molecule has 0 aliphatic heterocycles. The highest BCUT2D eigenvalue weighted by molar-refractivity contribution is 5.27. The van der Waals surface area contributed by atoms with Crippen LogP contribution in [0, 0.1) is 0 Å². The minimum Gasteiger partial charge on any atom is -0.329 e. The zero-order valence-electron chi connectivity index (χ0n) is 9.34. The Hall–Kier alpha value is -0.870. The van der Waals surface area contributed by atoms with Gasteiger partial charge in [-0.25, -0.2) is 0 Å². The van der Waals surface area contributed by atoms with Crippen LogP contribution in [-0.4, -0.2) is 22.8 Å². The zero-order chi connectivity index (χ0) is 10.7. The minimum atomic E-state index is 0.362. The molecule has 0 bridgehead atoms. The van der Waals surface area contributed by atoms with Gasteiger partial charge in [0.2, 0.25) is 0 Å².